The van der Waals surface area contributed by atoms with Gasteiger partial charge in [-0.05, 0) is 38.5 Å². The molecule has 19 heavy (non-hydrogen) atoms. The molecule has 2 rings (SSSR count). The highest BCUT2D eigenvalue weighted by Crippen LogP contribution is 2.32. The Morgan fingerprint density at radius 1 is 1.32 bits per heavy atom. The highest BCUT2D eigenvalue weighted by atomic mass is 79.9. The summed E-state index contributed by atoms with van der Waals surface area (Å²) in [6.07, 6.45) is 1.55. The number of tetrazole rings is 1. The number of halogens is 1. The molecule has 8 nitrogen and oxygen atoms in total. The summed E-state index contributed by atoms with van der Waals surface area (Å²) in [6.45, 7) is 0. The van der Waals surface area contributed by atoms with Crippen LogP contribution >= 0.6 is 15.9 Å². The van der Waals surface area contributed by atoms with Crippen LogP contribution in [0.2, 0.25) is 0 Å². The third-order valence-corrected chi connectivity index (χ3v) is 2.97. The van der Waals surface area contributed by atoms with Crippen LogP contribution in [0.3, 0.4) is 0 Å². The zero-order valence-electron chi connectivity index (χ0n) is 10.2. The standard InChI is InChI=1S/C10H11BrN6O2/c1-18-8-3-6(7(11)4-9(8)19-2)5-13-17-10(12)14-15-16-17/h3-5H,1-2H3,(H2,12,14,16). The Hall–Kier alpha value is -2.16. The van der Waals surface area contributed by atoms with E-state index in [2.05, 4.69) is 36.6 Å². The Morgan fingerprint density at radius 3 is 2.58 bits per heavy atom. The molecule has 100 valence electrons. The molecule has 1 aromatic carbocycles. The molecule has 2 aromatic rings. The average Bonchev–Trinajstić information content (AvgIpc) is 2.82. The predicted molar refractivity (Wildman–Crippen MR) is 72.5 cm³/mol. The van der Waals surface area contributed by atoms with Crippen molar-refractivity contribution in [2.75, 3.05) is 20.0 Å². The molecule has 0 fully saturated rings. The van der Waals surface area contributed by atoms with Gasteiger partial charge in [0.25, 0.3) is 5.95 Å². The van der Waals surface area contributed by atoms with Crippen molar-refractivity contribution in [2.24, 2.45) is 5.10 Å². The average molecular weight is 327 g/mol. The second kappa shape index (κ2) is 5.65. The Kier molecular flexibility index (Phi) is 3.95. The van der Waals surface area contributed by atoms with E-state index < -0.39 is 0 Å². The molecule has 0 aliphatic carbocycles. The summed E-state index contributed by atoms with van der Waals surface area (Å²) in [4.78, 5) is 1.11. The first-order valence-corrected chi connectivity index (χ1v) is 5.94. The molecule has 0 atom stereocenters. The number of aromatic nitrogens is 4. The van der Waals surface area contributed by atoms with Crippen LogP contribution in [-0.4, -0.2) is 40.8 Å². The lowest BCUT2D eigenvalue weighted by molar-refractivity contribution is 0.354. The van der Waals surface area contributed by atoms with E-state index in [0.29, 0.717) is 11.5 Å². The summed E-state index contributed by atoms with van der Waals surface area (Å²) in [7, 11) is 3.13. The fourth-order valence-electron chi connectivity index (χ4n) is 1.36. The van der Waals surface area contributed by atoms with Gasteiger partial charge in [0, 0.05) is 10.0 Å². The van der Waals surface area contributed by atoms with Crippen molar-refractivity contribution < 1.29 is 9.47 Å². The van der Waals surface area contributed by atoms with Crippen LogP contribution < -0.4 is 15.2 Å². The summed E-state index contributed by atoms with van der Waals surface area (Å²) in [6, 6.07) is 3.55. The van der Waals surface area contributed by atoms with Crippen LogP contribution in [-0.2, 0) is 0 Å². The summed E-state index contributed by atoms with van der Waals surface area (Å²) in [5.74, 6) is 1.32. The lowest BCUT2D eigenvalue weighted by Crippen LogP contribution is -2.00. The van der Waals surface area contributed by atoms with Gasteiger partial charge >= 0.3 is 0 Å². The van der Waals surface area contributed by atoms with Crippen molar-refractivity contribution >= 4 is 28.1 Å². The minimum absolute atomic E-state index is 0.104. The third kappa shape index (κ3) is 2.81. The number of rotatable bonds is 4. The van der Waals surface area contributed by atoms with Gasteiger partial charge in [-0.15, -0.1) is 0 Å². The number of ether oxygens (including phenoxy) is 2. The number of methoxy groups -OCH3 is 2. The predicted octanol–water partition coefficient (Wildman–Crippen LogP) is 0.917. The summed E-state index contributed by atoms with van der Waals surface area (Å²) < 4.78 is 11.2. The minimum Gasteiger partial charge on any atom is -0.493 e. The van der Waals surface area contributed by atoms with Gasteiger partial charge in [-0.2, -0.15) is 5.10 Å². The van der Waals surface area contributed by atoms with Crippen molar-refractivity contribution in [2.45, 2.75) is 0 Å². The molecular formula is C10H11BrN6O2. The fourth-order valence-corrected chi connectivity index (χ4v) is 1.78. The smallest absolute Gasteiger partial charge is 0.263 e. The number of nitrogen functional groups attached to an aromatic ring is 1. The number of hydrogen-bond acceptors (Lipinski definition) is 7. The zero-order chi connectivity index (χ0) is 13.8. The lowest BCUT2D eigenvalue weighted by atomic mass is 10.2. The molecule has 0 saturated heterocycles. The molecular weight excluding hydrogens is 316 g/mol. The van der Waals surface area contributed by atoms with Crippen LogP contribution in [0, 0.1) is 0 Å². The zero-order valence-corrected chi connectivity index (χ0v) is 11.8. The van der Waals surface area contributed by atoms with E-state index in [1.807, 2.05) is 0 Å². The van der Waals surface area contributed by atoms with Gasteiger partial charge < -0.3 is 15.2 Å². The van der Waals surface area contributed by atoms with Crippen molar-refractivity contribution in [1.29, 1.82) is 0 Å². The molecule has 0 bridgehead atoms. The Morgan fingerprint density at radius 2 is 2.00 bits per heavy atom. The number of benzene rings is 1. The SMILES string of the molecule is COc1cc(Br)c(C=Nn2nnnc2N)cc1OC. The molecule has 9 heteroatoms. The first-order valence-electron chi connectivity index (χ1n) is 5.15. The van der Waals surface area contributed by atoms with Gasteiger partial charge in [0.15, 0.2) is 11.5 Å². The number of nitrogens with two attached hydrogens (primary N) is 1. The molecule has 2 N–H and O–H groups in total. The molecule has 0 aliphatic heterocycles. The highest BCUT2D eigenvalue weighted by molar-refractivity contribution is 9.10. The summed E-state index contributed by atoms with van der Waals surface area (Å²) in [5, 5.41) is 14.5. The van der Waals surface area contributed by atoms with Crippen LogP contribution in [0.15, 0.2) is 21.7 Å². The maximum Gasteiger partial charge on any atom is 0.263 e. The van der Waals surface area contributed by atoms with Crippen molar-refractivity contribution in [1.82, 2.24) is 20.3 Å². The molecule has 0 amide bonds. The molecule has 1 aromatic heterocycles. The normalized spacial score (nSPS) is 10.9. The van der Waals surface area contributed by atoms with Crippen molar-refractivity contribution in [3.8, 4) is 11.5 Å². The van der Waals surface area contributed by atoms with E-state index in [4.69, 9.17) is 15.2 Å². The second-order valence-corrected chi connectivity index (χ2v) is 4.25. The Balaban J connectivity index is 2.35. The highest BCUT2D eigenvalue weighted by Gasteiger charge is 2.08. The van der Waals surface area contributed by atoms with Crippen LogP contribution in [0.4, 0.5) is 5.95 Å². The second-order valence-electron chi connectivity index (χ2n) is 3.40. The number of anilines is 1. The van der Waals surface area contributed by atoms with E-state index in [1.165, 1.54) is 0 Å². The van der Waals surface area contributed by atoms with Gasteiger partial charge in [-0.1, -0.05) is 9.89 Å². The monoisotopic (exact) mass is 326 g/mol. The van der Waals surface area contributed by atoms with Gasteiger partial charge in [-0.25, -0.2) is 0 Å². The molecule has 0 radical (unpaired) electrons. The van der Waals surface area contributed by atoms with Crippen LogP contribution in [0.25, 0.3) is 0 Å². The summed E-state index contributed by atoms with van der Waals surface area (Å²) >= 11 is 3.42. The largest absolute Gasteiger partial charge is 0.493 e. The maximum atomic E-state index is 5.50. The number of nitrogens with zero attached hydrogens (tertiary/aromatic N) is 5. The van der Waals surface area contributed by atoms with Crippen LogP contribution in [0.1, 0.15) is 5.56 Å². The van der Waals surface area contributed by atoms with E-state index in [1.54, 1.807) is 32.6 Å². The van der Waals surface area contributed by atoms with Crippen molar-refractivity contribution in [3.63, 3.8) is 0 Å². The third-order valence-electron chi connectivity index (χ3n) is 2.29. The minimum atomic E-state index is 0.104. The molecule has 0 aliphatic rings. The summed E-state index contributed by atoms with van der Waals surface area (Å²) in [5.41, 5.74) is 6.27. The van der Waals surface area contributed by atoms with Crippen LogP contribution in [0.5, 0.6) is 11.5 Å². The van der Waals surface area contributed by atoms with Gasteiger partial charge in [0.2, 0.25) is 0 Å². The topological polar surface area (TPSA) is 100 Å². The maximum absolute atomic E-state index is 5.50. The molecule has 1 heterocycles. The first kappa shape index (κ1) is 13.3. The number of hydrogen-bond donors (Lipinski definition) is 1. The van der Waals surface area contributed by atoms with E-state index in [9.17, 15) is 0 Å². The van der Waals surface area contributed by atoms with Crippen molar-refractivity contribution in [3.05, 3.63) is 22.2 Å². The Labute approximate surface area is 117 Å². The lowest BCUT2D eigenvalue weighted by Gasteiger charge is -2.09. The van der Waals surface area contributed by atoms with Gasteiger partial charge in [-0.3, -0.25) is 0 Å². The fraction of sp³-hybridized carbons (Fsp3) is 0.200. The first-order chi connectivity index (χ1) is 9.15. The van der Waals surface area contributed by atoms with E-state index >= 15 is 0 Å². The van der Waals surface area contributed by atoms with E-state index in [0.717, 1.165) is 14.8 Å². The van der Waals surface area contributed by atoms with Gasteiger partial charge in [0.05, 0.1) is 20.4 Å². The van der Waals surface area contributed by atoms with Gasteiger partial charge in [0.1, 0.15) is 0 Å². The Bertz CT molecular complexity index is 612. The molecule has 0 spiro atoms. The quantitative estimate of drug-likeness (QED) is 0.838. The van der Waals surface area contributed by atoms with E-state index in [-0.39, 0.29) is 5.95 Å². The molecule has 0 saturated carbocycles. The molecule has 0 unspecified atom stereocenters.